The molecule has 0 fully saturated rings. The highest BCUT2D eigenvalue weighted by Crippen LogP contribution is 2.16. The third kappa shape index (κ3) is 3.85. The first-order chi connectivity index (χ1) is 9.54. The van der Waals surface area contributed by atoms with Gasteiger partial charge in [-0.05, 0) is 54.8 Å². The van der Waals surface area contributed by atoms with Crippen molar-refractivity contribution in [1.82, 2.24) is 0 Å². The SMILES string of the molecule is Cc1cc(C)cc(OCCc2ccc(C(=O)O)cc2)c1. The Morgan fingerprint density at radius 2 is 1.65 bits per heavy atom. The second kappa shape index (κ2) is 6.24. The number of aromatic carboxylic acids is 1. The molecule has 20 heavy (non-hydrogen) atoms. The van der Waals surface area contributed by atoms with Gasteiger partial charge in [-0.3, -0.25) is 0 Å². The number of benzene rings is 2. The van der Waals surface area contributed by atoms with Gasteiger partial charge in [0.05, 0.1) is 12.2 Å². The first-order valence-corrected chi connectivity index (χ1v) is 6.58. The maximum atomic E-state index is 10.8. The van der Waals surface area contributed by atoms with E-state index in [1.807, 2.05) is 38.1 Å². The lowest BCUT2D eigenvalue weighted by molar-refractivity contribution is 0.0697. The fourth-order valence-corrected chi connectivity index (χ4v) is 2.12. The molecule has 0 aliphatic rings. The molecule has 2 aromatic carbocycles. The van der Waals surface area contributed by atoms with Crippen molar-refractivity contribution in [3.63, 3.8) is 0 Å². The van der Waals surface area contributed by atoms with Crippen LogP contribution < -0.4 is 4.74 Å². The van der Waals surface area contributed by atoms with Crippen molar-refractivity contribution in [2.24, 2.45) is 0 Å². The number of carbonyl (C=O) groups is 1. The van der Waals surface area contributed by atoms with E-state index in [9.17, 15) is 4.79 Å². The fraction of sp³-hybridized carbons (Fsp3) is 0.235. The summed E-state index contributed by atoms with van der Waals surface area (Å²) in [6.45, 7) is 4.67. The van der Waals surface area contributed by atoms with E-state index >= 15 is 0 Å². The summed E-state index contributed by atoms with van der Waals surface area (Å²) in [7, 11) is 0. The van der Waals surface area contributed by atoms with Crippen LogP contribution in [0.3, 0.4) is 0 Å². The van der Waals surface area contributed by atoms with Crippen molar-refractivity contribution >= 4 is 5.97 Å². The van der Waals surface area contributed by atoms with E-state index in [0.29, 0.717) is 12.2 Å². The average molecular weight is 270 g/mol. The molecule has 2 rings (SSSR count). The van der Waals surface area contributed by atoms with E-state index in [4.69, 9.17) is 9.84 Å². The molecule has 104 valence electrons. The summed E-state index contributed by atoms with van der Waals surface area (Å²) in [5.74, 6) is -0.0207. The number of ether oxygens (including phenoxy) is 1. The smallest absolute Gasteiger partial charge is 0.335 e. The number of carboxylic acids is 1. The molecule has 0 atom stereocenters. The van der Waals surface area contributed by atoms with Crippen LogP contribution in [0.5, 0.6) is 5.75 Å². The van der Waals surface area contributed by atoms with Crippen LogP contribution in [0, 0.1) is 13.8 Å². The number of rotatable bonds is 5. The van der Waals surface area contributed by atoms with E-state index in [2.05, 4.69) is 6.07 Å². The molecular formula is C17H18O3. The Morgan fingerprint density at radius 1 is 1.05 bits per heavy atom. The molecule has 0 aromatic heterocycles. The van der Waals surface area contributed by atoms with E-state index < -0.39 is 5.97 Å². The van der Waals surface area contributed by atoms with E-state index in [1.54, 1.807) is 12.1 Å². The molecule has 0 aliphatic heterocycles. The zero-order valence-electron chi connectivity index (χ0n) is 11.7. The lowest BCUT2D eigenvalue weighted by atomic mass is 10.1. The number of carboxylic acid groups (broad SMARTS) is 1. The predicted molar refractivity (Wildman–Crippen MR) is 78.5 cm³/mol. The Balaban J connectivity index is 1.90. The Kier molecular flexibility index (Phi) is 4.41. The van der Waals surface area contributed by atoms with Crippen LogP contribution in [0.2, 0.25) is 0 Å². The normalized spacial score (nSPS) is 10.3. The van der Waals surface area contributed by atoms with Gasteiger partial charge in [-0.25, -0.2) is 4.79 Å². The van der Waals surface area contributed by atoms with Crippen LogP contribution >= 0.6 is 0 Å². The summed E-state index contributed by atoms with van der Waals surface area (Å²) in [5.41, 5.74) is 3.75. The Morgan fingerprint density at radius 3 is 2.20 bits per heavy atom. The Labute approximate surface area is 118 Å². The van der Waals surface area contributed by atoms with Gasteiger partial charge in [0.15, 0.2) is 0 Å². The van der Waals surface area contributed by atoms with Crippen molar-refractivity contribution in [3.05, 3.63) is 64.7 Å². The monoisotopic (exact) mass is 270 g/mol. The van der Waals surface area contributed by atoms with Gasteiger partial charge in [-0.1, -0.05) is 18.2 Å². The molecule has 0 spiro atoms. The number of aryl methyl sites for hydroxylation is 2. The second-order valence-corrected chi connectivity index (χ2v) is 4.92. The molecule has 1 N–H and O–H groups in total. The van der Waals surface area contributed by atoms with Gasteiger partial charge in [0, 0.05) is 6.42 Å². The highest BCUT2D eigenvalue weighted by atomic mass is 16.5. The van der Waals surface area contributed by atoms with Gasteiger partial charge in [0.1, 0.15) is 5.75 Å². The largest absolute Gasteiger partial charge is 0.493 e. The zero-order valence-corrected chi connectivity index (χ0v) is 11.7. The van der Waals surface area contributed by atoms with Gasteiger partial charge in [0.2, 0.25) is 0 Å². The molecule has 0 heterocycles. The highest BCUT2D eigenvalue weighted by molar-refractivity contribution is 5.87. The third-order valence-corrected chi connectivity index (χ3v) is 3.06. The maximum Gasteiger partial charge on any atom is 0.335 e. The van der Waals surface area contributed by atoms with Crippen LogP contribution in [0.15, 0.2) is 42.5 Å². The van der Waals surface area contributed by atoms with Crippen LogP contribution in [-0.2, 0) is 6.42 Å². The summed E-state index contributed by atoms with van der Waals surface area (Å²) in [5, 5.41) is 8.83. The van der Waals surface area contributed by atoms with E-state index in [0.717, 1.165) is 17.7 Å². The van der Waals surface area contributed by atoms with Crippen LogP contribution in [0.1, 0.15) is 27.0 Å². The highest BCUT2D eigenvalue weighted by Gasteiger charge is 2.02. The first-order valence-electron chi connectivity index (χ1n) is 6.58. The van der Waals surface area contributed by atoms with Gasteiger partial charge in [-0.15, -0.1) is 0 Å². The molecule has 0 amide bonds. The lowest BCUT2D eigenvalue weighted by Gasteiger charge is -2.08. The summed E-state index contributed by atoms with van der Waals surface area (Å²) < 4.78 is 5.73. The topological polar surface area (TPSA) is 46.5 Å². The van der Waals surface area contributed by atoms with Crippen molar-refractivity contribution in [1.29, 1.82) is 0 Å². The maximum absolute atomic E-state index is 10.8. The lowest BCUT2D eigenvalue weighted by Crippen LogP contribution is -2.02. The minimum Gasteiger partial charge on any atom is -0.493 e. The third-order valence-electron chi connectivity index (χ3n) is 3.06. The average Bonchev–Trinajstić information content (AvgIpc) is 2.38. The molecule has 3 heteroatoms. The minimum absolute atomic E-state index is 0.309. The molecule has 0 aliphatic carbocycles. The van der Waals surface area contributed by atoms with Gasteiger partial charge >= 0.3 is 5.97 Å². The molecule has 0 radical (unpaired) electrons. The van der Waals surface area contributed by atoms with Gasteiger partial charge in [-0.2, -0.15) is 0 Å². The molecule has 3 nitrogen and oxygen atoms in total. The van der Waals surface area contributed by atoms with Crippen molar-refractivity contribution < 1.29 is 14.6 Å². The van der Waals surface area contributed by atoms with Crippen LogP contribution in [0.4, 0.5) is 0 Å². The van der Waals surface area contributed by atoms with Crippen LogP contribution in [0.25, 0.3) is 0 Å². The molecule has 2 aromatic rings. The summed E-state index contributed by atoms with van der Waals surface area (Å²) in [6, 6.07) is 13.0. The predicted octanol–water partition coefficient (Wildman–Crippen LogP) is 3.62. The quantitative estimate of drug-likeness (QED) is 0.902. The number of hydrogen-bond donors (Lipinski definition) is 1. The summed E-state index contributed by atoms with van der Waals surface area (Å²) in [6.07, 6.45) is 0.757. The van der Waals surface area contributed by atoms with Gasteiger partial charge < -0.3 is 9.84 Å². The van der Waals surface area contributed by atoms with Crippen molar-refractivity contribution in [2.75, 3.05) is 6.61 Å². The van der Waals surface area contributed by atoms with Crippen LogP contribution in [-0.4, -0.2) is 17.7 Å². The Hall–Kier alpha value is -2.29. The van der Waals surface area contributed by atoms with Gasteiger partial charge in [0.25, 0.3) is 0 Å². The summed E-state index contributed by atoms with van der Waals surface area (Å²) >= 11 is 0. The van der Waals surface area contributed by atoms with Crippen molar-refractivity contribution in [3.8, 4) is 5.75 Å². The fourth-order valence-electron chi connectivity index (χ4n) is 2.12. The molecule has 0 unspecified atom stereocenters. The second-order valence-electron chi connectivity index (χ2n) is 4.92. The summed E-state index contributed by atoms with van der Waals surface area (Å²) in [4.78, 5) is 10.8. The van der Waals surface area contributed by atoms with E-state index in [1.165, 1.54) is 11.1 Å². The molecule has 0 saturated carbocycles. The minimum atomic E-state index is -0.900. The standard InChI is InChI=1S/C17H18O3/c1-12-9-13(2)11-16(10-12)20-8-7-14-3-5-15(6-4-14)17(18)19/h3-6,9-11H,7-8H2,1-2H3,(H,18,19). The molecule has 0 bridgehead atoms. The zero-order chi connectivity index (χ0) is 14.5. The molecule has 0 saturated heterocycles. The molecular weight excluding hydrogens is 252 g/mol. The number of hydrogen-bond acceptors (Lipinski definition) is 2. The Bertz CT molecular complexity index is 580. The first kappa shape index (κ1) is 14.1. The van der Waals surface area contributed by atoms with Crippen molar-refractivity contribution in [2.45, 2.75) is 20.3 Å². The van der Waals surface area contributed by atoms with E-state index in [-0.39, 0.29) is 0 Å².